The van der Waals surface area contributed by atoms with Crippen LogP contribution in [-0.4, -0.2) is 32.5 Å². The Kier molecular flexibility index (Phi) is 3.71. The first kappa shape index (κ1) is 15.1. The van der Waals surface area contributed by atoms with Crippen LogP contribution < -0.4 is 5.43 Å². The molecule has 4 aliphatic rings. The Hall–Kier alpha value is -0.780. The average molecular weight is 359 g/mol. The highest BCUT2D eigenvalue weighted by molar-refractivity contribution is 9.10. The molecule has 0 aromatic carbocycles. The average Bonchev–Trinajstić information content (AvgIpc) is 2.33. The molecule has 4 rings (SSSR count). The zero-order valence-corrected chi connectivity index (χ0v) is 14.1. The number of halogens is 1. The van der Waals surface area contributed by atoms with Crippen molar-refractivity contribution in [1.29, 1.82) is 0 Å². The molecule has 0 aromatic heterocycles. The van der Waals surface area contributed by atoms with E-state index in [-0.39, 0.29) is 11.9 Å². The lowest BCUT2D eigenvalue weighted by Gasteiger charge is -2.57. The van der Waals surface area contributed by atoms with E-state index in [4.69, 9.17) is 5.11 Å². The molecule has 0 unspecified atom stereocenters. The third kappa shape index (κ3) is 2.79. The SMILES string of the molecule is CC(C)(Br)C(=O)N(NC(=O)O)C1C2CC3CC(C2)CC1C3. The molecule has 4 saturated carbocycles. The van der Waals surface area contributed by atoms with Crippen molar-refractivity contribution in [2.24, 2.45) is 23.7 Å². The number of hydrogen-bond donors (Lipinski definition) is 2. The van der Waals surface area contributed by atoms with Gasteiger partial charge in [-0.3, -0.25) is 4.79 Å². The van der Waals surface area contributed by atoms with Gasteiger partial charge in [-0.05, 0) is 69.6 Å². The van der Waals surface area contributed by atoms with Crippen LogP contribution in [0.5, 0.6) is 0 Å². The summed E-state index contributed by atoms with van der Waals surface area (Å²) in [6.45, 7) is 3.53. The van der Waals surface area contributed by atoms with E-state index in [1.54, 1.807) is 13.8 Å². The Balaban J connectivity index is 1.86. The van der Waals surface area contributed by atoms with Gasteiger partial charge in [0.05, 0.1) is 6.04 Å². The molecule has 0 aliphatic heterocycles. The maximum atomic E-state index is 12.7. The minimum atomic E-state index is -1.16. The van der Waals surface area contributed by atoms with Crippen molar-refractivity contribution < 1.29 is 14.7 Å². The van der Waals surface area contributed by atoms with Gasteiger partial charge >= 0.3 is 6.09 Å². The number of hydrogen-bond acceptors (Lipinski definition) is 2. The van der Waals surface area contributed by atoms with E-state index in [0.717, 1.165) is 37.5 Å². The quantitative estimate of drug-likeness (QED) is 0.588. The molecule has 0 saturated heterocycles. The summed E-state index contributed by atoms with van der Waals surface area (Å²) in [6.07, 6.45) is 4.76. The van der Waals surface area contributed by atoms with Crippen LogP contribution >= 0.6 is 15.9 Å². The van der Waals surface area contributed by atoms with Gasteiger partial charge < -0.3 is 5.11 Å². The molecule has 21 heavy (non-hydrogen) atoms. The van der Waals surface area contributed by atoms with Gasteiger partial charge in [0, 0.05) is 0 Å². The molecule has 0 aromatic rings. The van der Waals surface area contributed by atoms with Crippen molar-refractivity contribution >= 4 is 27.9 Å². The van der Waals surface area contributed by atoms with Crippen LogP contribution in [0.15, 0.2) is 0 Å². The molecular formula is C15H23BrN2O3. The first-order chi connectivity index (χ1) is 9.75. The van der Waals surface area contributed by atoms with Gasteiger partial charge in [-0.15, -0.1) is 0 Å². The number of hydrazine groups is 1. The Labute approximate surface area is 133 Å². The molecule has 0 spiro atoms. The second-order valence-corrected chi connectivity index (χ2v) is 9.47. The smallest absolute Gasteiger partial charge is 0.423 e. The van der Waals surface area contributed by atoms with E-state index in [2.05, 4.69) is 21.4 Å². The predicted octanol–water partition coefficient (Wildman–Crippen LogP) is 3.00. The molecule has 4 aliphatic carbocycles. The number of alkyl halides is 1. The number of nitrogens with zero attached hydrogens (tertiary/aromatic N) is 1. The third-order valence-corrected chi connectivity index (χ3v) is 5.76. The Bertz CT molecular complexity index is 432. The van der Waals surface area contributed by atoms with Crippen molar-refractivity contribution in [3.05, 3.63) is 0 Å². The summed E-state index contributed by atoms with van der Waals surface area (Å²) in [4.78, 5) is 23.8. The number of amides is 2. The van der Waals surface area contributed by atoms with Crippen LogP contribution in [-0.2, 0) is 4.79 Å². The molecule has 0 heterocycles. The van der Waals surface area contributed by atoms with E-state index in [1.165, 1.54) is 11.4 Å². The standard InChI is InChI=1S/C15H23BrN2O3/c1-15(2,16)13(19)18(17-14(20)21)12-10-4-8-3-9(6-10)7-11(12)5-8/h8-12,17H,3-7H2,1-2H3,(H,20,21). The molecule has 2 N–H and O–H groups in total. The fraction of sp³-hybridized carbons (Fsp3) is 0.867. The third-order valence-electron chi connectivity index (χ3n) is 5.42. The maximum Gasteiger partial charge on any atom is 0.423 e. The fourth-order valence-electron chi connectivity index (χ4n) is 4.97. The van der Waals surface area contributed by atoms with Crippen LogP contribution in [0.3, 0.4) is 0 Å². The van der Waals surface area contributed by atoms with E-state index in [0.29, 0.717) is 11.8 Å². The Morgan fingerprint density at radius 1 is 1.10 bits per heavy atom. The van der Waals surface area contributed by atoms with Gasteiger partial charge in [-0.2, -0.15) is 0 Å². The summed E-state index contributed by atoms with van der Waals surface area (Å²) in [5.74, 6) is 2.30. The van der Waals surface area contributed by atoms with Crippen molar-refractivity contribution in [3.8, 4) is 0 Å². The summed E-state index contributed by atoms with van der Waals surface area (Å²) in [5.41, 5.74) is 2.38. The molecule has 4 bridgehead atoms. The summed E-state index contributed by atoms with van der Waals surface area (Å²) in [6, 6.07) is 0.0261. The van der Waals surface area contributed by atoms with Crippen LogP contribution in [0.1, 0.15) is 46.0 Å². The van der Waals surface area contributed by atoms with Crippen molar-refractivity contribution in [2.75, 3.05) is 0 Å². The van der Waals surface area contributed by atoms with Crippen LogP contribution in [0.4, 0.5) is 4.79 Å². The van der Waals surface area contributed by atoms with E-state index >= 15 is 0 Å². The number of carbonyl (C=O) groups is 2. The number of nitrogens with one attached hydrogen (secondary N) is 1. The van der Waals surface area contributed by atoms with Gasteiger partial charge in [-0.25, -0.2) is 15.2 Å². The number of carbonyl (C=O) groups excluding carboxylic acids is 1. The lowest BCUT2D eigenvalue weighted by molar-refractivity contribution is -0.150. The summed E-state index contributed by atoms with van der Waals surface area (Å²) in [7, 11) is 0. The molecule has 0 atom stereocenters. The first-order valence-corrected chi connectivity index (χ1v) is 8.57. The topological polar surface area (TPSA) is 69.6 Å². The zero-order chi connectivity index (χ0) is 15.4. The molecule has 118 valence electrons. The van der Waals surface area contributed by atoms with E-state index in [9.17, 15) is 9.59 Å². The minimum Gasteiger partial charge on any atom is -0.464 e. The Morgan fingerprint density at radius 2 is 1.57 bits per heavy atom. The Morgan fingerprint density at radius 3 is 1.95 bits per heavy atom. The maximum absolute atomic E-state index is 12.7. The first-order valence-electron chi connectivity index (χ1n) is 7.78. The highest BCUT2D eigenvalue weighted by atomic mass is 79.9. The lowest BCUT2D eigenvalue weighted by atomic mass is 9.54. The monoisotopic (exact) mass is 358 g/mol. The number of carboxylic acid groups (broad SMARTS) is 1. The molecule has 5 nitrogen and oxygen atoms in total. The molecular weight excluding hydrogens is 336 g/mol. The van der Waals surface area contributed by atoms with E-state index < -0.39 is 10.4 Å². The fourth-order valence-corrected chi connectivity index (χ4v) is 5.16. The summed E-state index contributed by atoms with van der Waals surface area (Å²) >= 11 is 3.38. The minimum absolute atomic E-state index is 0.0261. The number of rotatable bonds is 2. The van der Waals surface area contributed by atoms with Gasteiger partial charge in [0.25, 0.3) is 5.91 Å². The van der Waals surface area contributed by atoms with Crippen LogP contribution in [0, 0.1) is 23.7 Å². The van der Waals surface area contributed by atoms with Crippen LogP contribution in [0.2, 0.25) is 0 Å². The lowest BCUT2D eigenvalue weighted by Crippen LogP contribution is -2.64. The van der Waals surface area contributed by atoms with Gasteiger partial charge in [-0.1, -0.05) is 15.9 Å². The highest BCUT2D eigenvalue weighted by Gasteiger charge is 2.52. The van der Waals surface area contributed by atoms with Crippen LogP contribution in [0.25, 0.3) is 0 Å². The molecule has 6 heteroatoms. The van der Waals surface area contributed by atoms with Gasteiger partial charge in [0.1, 0.15) is 4.32 Å². The predicted molar refractivity (Wildman–Crippen MR) is 81.8 cm³/mol. The van der Waals surface area contributed by atoms with Gasteiger partial charge in [0.15, 0.2) is 0 Å². The van der Waals surface area contributed by atoms with Crippen molar-refractivity contribution in [1.82, 2.24) is 10.4 Å². The van der Waals surface area contributed by atoms with E-state index in [1.807, 2.05) is 0 Å². The summed E-state index contributed by atoms with van der Waals surface area (Å²) < 4.78 is -0.760. The van der Waals surface area contributed by atoms with Gasteiger partial charge in [0.2, 0.25) is 0 Å². The second-order valence-electron chi connectivity index (χ2n) is 7.49. The second kappa shape index (κ2) is 5.14. The molecule has 4 fully saturated rings. The molecule has 2 amide bonds. The zero-order valence-electron chi connectivity index (χ0n) is 12.5. The van der Waals surface area contributed by atoms with Crippen molar-refractivity contribution in [3.63, 3.8) is 0 Å². The normalized spacial score (nSPS) is 37.4. The highest BCUT2D eigenvalue weighted by Crippen LogP contribution is 2.55. The van der Waals surface area contributed by atoms with Crippen molar-refractivity contribution in [2.45, 2.75) is 56.3 Å². The largest absolute Gasteiger partial charge is 0.464 e. The summed E-state index contributed by atoms with van der Waals surface area (Å²) in [5, 5.41) is 10.6. The molecule has 0 radical (unpaired) electrons.